The van der Waals surface area contributed by atoms with Crippen LogP contribution >= 0.6 is 0 Å². The molecule has 0 fully saturated rings. The molecule has 162 valence electrons. The summed E-state index contributed by atoms with van der Waals surface area (Å²) in [6.45, 7) is 2.36. The molecule has 0 aliphatic rings. The Labute approximate surface area is 182 Å². The molecule has 0 unspecified atom stereocenters. The summed E-state index contributed by atoms with van der Waals surface area (Å²) >= 11 is 0. The Morgan fingerprint density at radius 1 is 1.06 bits per heavy atom. The summed E-state index contributed by atoms with van der Waals surface area (Å²) in [4.78, 5) is 35.1. The Kier molecular flexibility index (Phi) is 5.80. The van der Waals surface area contributed by atoms with E-state index in [0.717, 1.165) is 11.1 Å². The zero-order chi connectivity index (χ0) is 22.7. The number of carbonyl (C=O) groups excluding carboxylic acids is 1. The van der Waals surface area contributed by atoms with Gasteiger partial charge in [-0.25, -0.2) is 19.2 Å². The molecule has 2 heterocycles. The smallest absolute Gasteiger partial charge is 0.335 e. The van der Waals surface area contributed by atoms with Crippen LogP contribution in [0.4, 0.5) is 10.1 Å². The maximum Gasteiger partial charge on any atom is 0.335 e. The Morgan fingerprint density at radius 3 is 2.53 bits per heavy atom. The van der Waals surface area contributed by atoms with Crippen molar-refractivity contribution in [2.45, 2.75) is 20.0 Å². The highest BCUT2D eigenvalue weighted by molar-refractivity contribution is 6.05. The van der Waals surface area contributed by atoms with Crippen LogP contribution < -0.4 is 10.6 Å². The van der Waals surface area contributed by atoms with Crippen LogP contribution in [0.2, 0.25) is 0 Å². The number of hydrogen-bond acceptors (Lipinski definition) is 5. The van der Waals surface area contributed by atoms with Gasteiger partial charge in [0, 0.05) is 19.3 Å². The van der Waals surface area contributed by atoms with E-state index in [-0.39, 0.29) is 29.5 Å². The van der Waals surface area contributed by atoms with Crippen molar-refractivity contribution in [3.63, 3.8) is 0 Å². The van der Waals surface area contributed by atoms with Gasteiger partial charge in [-0.3, -0.25) is 4.79 Å². The number of rotatable bonds is 7. The molecular weight excluding hydrogens is 413 g/mol. The maximum absolute atomic E-state index is 13.4. The quantitative estimate of drug-likeness (QED) is 0.353. The van der Waals surface area contributed by atoms with Crippen molar-refractivity contribution in [1.82, 2.24) is 20.3 Å². The molecule has 0 radical (unpaired) electrons. The van der Waals surface area contributed by atoms with E-state index in [1.807, 2.05) is 0 Å². The van der Waals surface area contributed by atoms with E-state index in [4.69, 9.17) is 5.11 Å². The minimum absolute atomic E-state index is 0.202. The molecule has 9 heteroatoms. The maximum atomic E-state index is 13.4. The van der Waals surface area contributed by atoms with E-state index in [1.54, 1.807) is 49.5 Å². The number of amides is 1. The number of carboxylic acids is 1. The summed E-state index contributed by atoms with van der Waals surface area (Å²) in [5.74, 6) is -1.64. The Morgan fingerprint density at radius 2 is 1.81 bits per heavy atom. The van der Waals surface area contributed by atoms with Gasteiger partial charge in [0.05, 0.1) is 16.8 Å². The monoisotopic (exact) mass is 433 g/mol. The summed E-state index contributed by atoms with van der Waals surface area (Å²) in [7, 11) is 0. The van der Waals surface area contributed by atoms with Crippen LogP contribution in [-0.2, 0) is 13.1 Å². The van der Waals surface area contributed by atoms with Crippen LogP contribution in [0.25, 0.3) is 11.0 Å². The second-order valence-electron chi connectivity index (χ2n) is 7.27. The highest BCUT2D eigenvalue weighted by Crippen LogP contribution is 2.23. The van der Waals surface area contributed by atoms with Crippen molar-refractivity contribution < 1.29 is 19.1 Å². The third-order valence-corrected chi connectivity index (χ3v) is 5.04. The molecule has 1 amide bonds. The van der Waals surface area contributed by atoms with E-state index < -0.39 is 5.97 Å². The number of aromatic carboxylic acids is 1. The minimum Gasteiger partial charge on any atom is -0.478 e. The van der Waals surface area contributed by atoms with Crippen LogP contribution in [-0.4, -0.2) is 31.9 Å². The van der Waals surface area contributed by atoms with Crippen molar-refractivity contribution in [2.75, 3.05) is 5.32 Å². The van der Waals surface area contributed by atoms with Crippen LogP contribution in [0.3, 0.4) is 0 Å². The highest BCUT2D eigenvalue weighted by Gasteiger charge is 2.16. The number of fused-ring (bicyclic) bond motifs is 1. The number of anilines is 1. The number of nitrogens with one attached hydrogen (secondary N) is 3. The summed E-state index contributed by atoms with van der Waals surface area (Å²) in [5, 5.41) is 15.0. The third-order valence-electron chi connectivity index (χ3n) is 5.04. The predicted octanol–water partition coefficient (Wildman–Crippen LogP) is 3.65. The summed E-state index contributed by atoms with van der Waals surface area (Å²) in [6.07, 6.45) is 3.02. The molecule has 0 saturated carbocycles. The zero-order valence-electron chi connectivity index (χ0n) is 17.1. The molecule has 0 aliphatic carbocycles. The van der Waals surface area contributed by atoms with Gasteiger partial charge in [0.1, 0.15) is 17.7 Å². The first kappa shape index (κ1) is 21.0. The van der Waals surface area contributed by atoms with Gasteiger partial charge in [-0.2, -0.15) is 0 Å². The molecule has 4 N–H and O–H groups in total. The van der Waals surface area contributed by atoms with Gasteiger partial charge in [-0.15, -0.1) is 0 Å². The number of H-pyrrole nitrogens is 1. The number of aryl methyl sites for hydroxylation is 1. The predicted molar refractivity (Wildman–Crippen MR) is 117 cm³/mol. The fourth-order valence-electron chi connectivity index (χ4n) is 3.29. The average Bonchev–Trinajstić information content (AvgIpc) is 3.21. The minimum atomic E-state index is -0.974. The van der Waals surface area contributed by atoms with Crippen molar-refractivity contribution in [2.24, 2.45) is 0 Å². The Bertz CT molecular complexity index is 1300. The van der Waals surface area contributed by atoms with Gasteiger partial charge in [0.15, 0.2) is 5.69 Å². The van der Waals surface area contributed by atoms with Gasteiger partial charge in [-0.05, 0) is 41.8 Å². The largest absolute Gasteiger partial charge is 0.478 e. The lowest BCUT2D eigenvalue weighted by Crippen LogP contribution is -2.24. The molecule has 0 saturated heterocycles. The number of carbonyl (C=O) groups is 2. The van der Waals surface area contributed by atoms with E-state index in [2.05, 4.69) is 25.6 Å². The number of nitrogens with zero attached hydrogens (tertiary/aromatic N) is 2. The lowest BCUT2D eigenvalue weighted by Gasteiger charge is -2.07. The summed E-state index contributed by atoms with van der Waals surface area (Å²) < 4.78 is 13.4. The van der Waals surface area contributed by atoms with Gasteiger partial charge < -0.3 is 20.7 Å². The third kappa shape index (κ3) is 4.41. The fourth-order valence-corrected chi connectivity index (χ4v) is 3.29. The first-order valence-corrected chi connectivity index (χ1v) is 9.84. The molecule has 4 aromatic rings. The van der Waals surface area contributed by atoms with E-state index >= 15 is 0 Å². The van der Waals surface area contributed by atoms with Crippen LogP contribution in [0.15, 0.2) is 55.0 Å². The highest BCUT2D eigenvalue weighted by atomic mass is 19.1. The van der Waals surface area contributed by atoms with E-state index in [0.29, 0.717) is 28.8 Å². The van der Waals surface area contributed by atoms with E-state index in [1.165, 1.54) is 12.4 Å². The normalized spacial score (nSPS) is 10.8. The first-order chi connectivity index (χ1) is 15.4. The lowest BCUT2D eigenvalue weighted by atomic mass is 10.1. The van der Waals surface area contributed by atoms with Crippen molar-refractivity contribution >= 4 is 28.6 Å². The standard InChI is InChI=1S/C23H20FN5O3/c1-13-8-15(4-7-17(13)24)10-27-22(30)21-20-19(28-12-29-21)18(11-26-20)25-9-14-2-5-16(6-3-14)23(31)32/h2-8,11-12,25-26H,9-10H2,1H3,(H,27,30)(H,31,32). The molecule has 2 aromatic carbocycles. The second kappa shape index (κ2) is 8.84. The van der Waals surface area contributed by atoms with Crippen LogP contribution in [0.1, 0.15) is 37.5 Å². The molecule has 0 aliphatic heterocycles. The molecule has 8 nitrogen and oxygen atoms in total. The van der Waals surface area contributed by atoms with Crippen molar-refractivity contribution in [1.29, 1.82) is 0 Å². The molecule has 0 atom stereocenters. The van der Waals surface area contributed by atoms with E-state index in [9.17, 15) is 14.0 Å². The lowest BCUT2D eigenvalue weighted by molar-refractivity contribution is 0.0696. The Balaban J connectivity index is 1.46. The van der Waals surface area contributed by atoms with Crippen LogP contribution in [0.5, 0.6) is 0 Å². The van der Waals surface area contributed by atoms with Crippen molar-refractivity contribution in [3.8, 4) is 0 Å². The molecule has 2 aromatic heterocycles. The topological polar surface area (TPSA) is 120 Å². The SMILES string of the molecule is Cc1cc(CNC(=O)c2ncnc3c(NCc4ccc(C(=O)O)cc4)c[nH]c23)ccc1F. The second-order valence-corrected chi connectivity index (χ2v) is 7.27. The number of aromatic amines is 1. The molecule has 32 heavy (non-hydrogen) atoms. The summed E-state index contributed by atoms with van der Waals surface area (Å²) in [5.41, 5.74) is 4.35. The Hall–Kier alpha value is -4.27. The average molecular weight is 433 g/mol. The number of halogens is 1. The molecule has 4 rings (SSSR count). The number of carboxylic acid groups (broad SMARTS) is 1. The molecular formula is C23H20FN5O3. The number of benzene rings is 2. The molecule has 0 spiro atoms. The van der Waals surface area contributed by atoms with Gasteiger partial charge >= 0.3 is 5.97 Å². The van der Waals surface area contributed by atoms with Crippen molar-refractivity contribution in [3.05, 3.63) is 88.8 Å². The molecule has 0 bridgehead atoms. The first-order valence-electron chi connectivity index (χ1n) is 9.84. The number of hydrogen-bond donors (Lipinski definition) is 4. The summed E-state index contributed by atoms with van der Waals surface area (Å²) in [6, 6.07) is 11.2. The van der Waals surface area contributed by atoms with Gasteiger partial charge in [0.2, 0.25) is 0 Å². The van der Waals surface area contributed by atoms with Crippen LogP contribution in [0, 0.1) is 12.7 Å². The fraction of sp³-hybridized carbons (Fsp3) is 0.130. The zero-order valence-corrected chi connectivity index (χ0v) is 17.1. The van der Waals surface area contributed by atoms with Gasteiger partial charge in [-0.1, -0.05) is 24.3 Å². The number of aromatic nitrogens is 3. The van der Waals surface area contributed by atoms with Gasteiger partial charge in [0.25, 0.3) is 5.91 Å².